The van der Waals surface area contributed by atoms with Crippen molar-refractivity contribution in [3.63, 3.8) is 0 Å². The van der Waals surface area contributed by atoms with Crippen LogP contribution in [0.4, 0.5) is 0 Å². The zero-order chi connectivity index (χ0) is 21.2. The summed E-state index contributed by atoms with van der Waals surface area (Å²) >= 11 is 6.39. The third-order valence-electron chi connectivity index (χ3n) is 3.63. The molecule has 152 valence electrons. The molecular formula is C19H25N3O3S3. The molecular weight excluding hydrogens is 414 g/mol. The van der Waals surface area contributed by atoms with Crippen molar-refractivity contribution in [2.75, 3.05) is 19.8 Å². The Morgan fingerprint density at radius 3 is 2.64 bits per heavy atom. The lowest BCUT2D eigenvalue weighted by atomic mass is 10.1. The molecule has 0 aliphatic heterocycles. The molecule has 0 spiro atoms. The predicted octanol–water partition coefficient (Wildman–Crippen LogP) is 2.43. The number of thiocarbonyl (C=S) groups is 1. The fourth-order valence-corrected chi connectivity index (χ4v) is 4.19. The molecule has 0 aliphatic carbocycles. The minimum atomic E-state index is -3.76. The van der Waals surface area contributed by atoms with E-state index in [1.807, 2.05) is 18.4 Å². The Labute approximate surface area is 176 Å². The summed E-state index contributed by atoms with van der Waals surface area (Å²) in [5.41, 5.74) is 1.41. The first-order valence-electron chi connectivity index (χ1n) is 8.40. The summed E-state index contributed by atoms with van der Waals surface area (Å²) < 4.78 is 27.2. The molecule has 0 aliphatic rings. The average molecular weight is 440 g/mol. The fraction of sp³-hybridized carbons (Fsp3) is 0.263. The van der Waals surface area contributed by atoms with Crippen LogP contribution in [0.2, 0.25) is 0 Å². The first-order valence-corrected chi connectivity index (χ1v) is 11.5. The Balaban J connectivity index is 2.75. The lowest BCUT2D eigenvalue weighted by molar-refractivity contribution is -0.116. The van der Waals surface area contributed by atoms with E-state index in [1.165, 1.54) is 17.8 Å². The van der Waals surface area contributed by atoms with Crippen LogP contribution in [0, 0.1) is 6.92 Å². The molecule has 0 saturated heterocycles. The third kappa shape index (κ3) is 7.87. The van der Waals surface area contributed by atoms with Gasteiger partial charge in [0.1, 0.15) is 0 Å². The van der Waals surface area contributed by atoms with Crippen molar-refractivity contribution in [2.24, 2.45) is 0 Å². The zero-order valence-electron chi connectivity index (χ0n) is 16.1. The number of carbonyl (C=O) groups excluding carboxylic acids is 1. The normalized spacial score (nSPS) is 11.9. The van der Waals surface area contributed by atoms with E-state index >= 15 is 0 Å². The van der Waals surface area contributed by atoms with Gasteiger partial charge in [0.05, 0.1) is 4.90 Å². The summed E-state index contributed by atoms with van der Waals surface area (Å²) in [6.07, 6.45) is 9.06. The van der Waals surface area contributed by atoms with E-state index < -0.39 is 10.0 Å². The lowest BCUT2D eigenvalue weighted by Gasteiger charge is -2.12. The Kier molecular flexibility index (Phi) is 9.98. The molecule has 1 aromatic rings. The molecule has 3 N–H and O–H groups in total. The molecule has 1 aromatic carbocycles. The van der Waals surface area contributed by atoms with Gasteiger partial charge in [-0.1, -0.05) is 24.8 Å². The Hall–Kier alpha value is -2.10. The predicted molar refractivity (Wildman–Crippen MR) is 121 cm³/mol. The van der Waals surface area contributed by atoms with Crippen LogP contribution < -0.4 is 15.4 Å². The van der Waals surface area contributed by atoms with Crippen LogP contribution in [0.25, 0.3) is 0 Å². The van der Waals surface area contributed by atoms with Crippen molar-refractivity contribution in [1.29, 1.82) is 0 Å². The van der Waals surface area contributed by atoms with Gasteiger partial charge in [-0.2, -0.15) is 0 Å². The van der Waals surface area contributed by atoms with Gasteiger partial charge >= 0.3 is 0 Å². The number of allylic oxidation sites excluding steroid dienone is 3. The van der Waals surface area contributed by atoms with Crippen LogP contribution in [-0.2, 0) is 21.2 Å². The van der Waals surface area contributed by atoms with E-state index in [0.29, 0.717) is 18.5 Å². The van der Waals surface area contributed by atoms with Gasteiger partial charge in [-0.15, -0.1) is 11.8 Å². The van der Waals surface area contributed by atoms with E-state index in [0.717, 1.165) is 10.5 Å². The summed E-state index contributed by atoms with van der Waals surface area (Å²) in [6, 6.07) is 5.17. The Morgan fingerprint density at radius 2 is 2.04 bits per heavy atom. The molecule has 1 amide bonds. The maximum Gasteiger partial charge on any atom is 0.263 e. The number of thioether (sulfide) groups is 1. The van der Waals surface area contributed by atoms with Gasteiger partial charge in [-0.25, -0.2) is 8.42 Å². The molecule has 28 heavy (non-hydrogen) atoms. The van der Waals surface area contributed by atoms with Crippen LogP contribution >= 0.6 is 24.0 Å². The summed E-state index contributed by atoms with van der Waals surface area (Å²) in [6.45, 7) is 5.73. The van der Waals surface area contributed by atoms with Gasteiger partial charge in [-0.05, 0) is 61.2 Å². The van der Waals surface area contributed by atoms with Crippen molar-refractivity contribution in [1.82, 2.24) is 15.4 Å². The quantitative estimate of drug-likeness (QED) is 0.311. The van der Waals surface area contributed by atoms with E-state index in [4.69, 9.17) is 12.2 Å². The van der Waals surface area contributed by atoms with Crippen molar-refractivity contribution in [2.45, 2.75) is 18.2 Å². The fourth-order valence-electron chi connectivity index (χ4n) is 2.17. The Morgan fingerprint density at radius 1 is 1.32 bits per heavy atom. The molecule has 9 heteroatoms. The number of aryl methyl sites for hydroxylation is 1. The molecule has 0 fully saturated rings. The van der Waals surface area contributed by atoms with Crippen LogP contribution in [0.5, 0.6) is 0 Å². The number of nitrogens with one attached hydrogen (secondary N) is 3. The zero-order valence-corrected chi connectivity index (χ0v) is 18.6. The second-order valence-corrected chi connectivity index (χ2v) is 8.61. The summed E-state index contributed by atoms with van der Waals surface area (Å²) in [5.74, 6) is -0.218. The summed E-state index contributed by atoms with van der Waals surface area (Å²) in [7, 11) is -2.22. The highest BCUT2D eigenvalue weighted by Crippen LogP contribution is 2.17. The maximum absolute atomic E-state index is 12.5. The van der Waals surface area contributed by atoms with Gasteiger partial charge in [0.25, 0.3) is 10.0 Å². The van der Waals surface area contributed by atoms with Crippen LogP contribution in [-0.4, -0.2) is 39.3 Å². The van der Waals surface area contributed by atoms with E-state index in [2.05, 4.69) is 21.9 Å². The standard InChI is InChI=1S/C19H25N3O3S3/c1-5-6-16(27-4)9-10-18(23)21-12-11-15-8-7-14(2)17(13-15)28(24,25)22-19(26)20-3/h5-10,13H,1,11-12H2,2-4H3,(H,21,23)(H2,20,22,26)/b10-9+,16-6-. The summed E-state index contributed by atoms with van der Waals surface area (Å²) in [5, 5.41) is 5.39. The highest BCUT2D eigenvalue weighted by Gasteiger charge is 2.18. The lowest BCUT2D eigenvalue weighted by Crippen LogP contribution is -2.37. The number of carbonyl (C=O) groups is 1. The van der Waals surface area contributed by atoms with Crippen molar-refractivity contribution < 1.29 is 13.2 Å². The minimum Gasteiger partial charge on any atom is -0.365 e. The minimum absolute atomic E-state index is 0.0268. The van der Waals surface area contributed by atoms with Crippen LogP contribution in [0.15, 0.2) is 58.9 Å². The molecule has 0 atom stereocenters. The first-order chi connectivity index (χ1) is 13.2. The molecule has 6 nitrogen and oxygen atoms in total. The largest absolute Gasteiger partial charge is 0.365 e. The highest BCUT2D eigenvalue weighted by molar-refractivity contribution is 8.02. The van der Waals surface area contributed by atoms with Crippen molar-refractivity contribution in [3.05, 3.63) is 65.1 Å². The number of benzene rings is 1. The van der Waals surface area contributed by atoms with E-state index in [9.17, 15) is 13.2 Å². The van der Waals surface area contributed by atoms with Crippen molar-refractivity contribution in [3.8, 4) is 0 Å². The molecule has 0 saturated carbocycles. The van der Waals surface area contributed by atoms with Crippen LogP contribution in [0.1, 0.15) is 11.1 Å². The monoisotopic (exact) mass is 439 g/mol. The number of hydrogen-bond acceptors (Lipinski definition) is 5. The number of sulfonamides is 1. The molecule has 0 bridgehead atoms. The van der Waals surface area contributed by atoms with E-state index in [-0.39, 0.29) is 15.9 Å². The van der Waals surface area contributed by atoms with Crippen molar-refractivity contribution >= 4 is 45.0 Å². The molecule has 0 heterocycles. The van der Waals surface area contributed by atoms with E-state index in [1.54, 1.807) is 38.3 Å². The molecule has 0 aromatic heterocycles. The SMILES string of the molecule is C=C/C=C(/C=C/C(=O)NCCc1ccc(C)c(S(=O)(=O)NC(=S)NC)c1)SC. The molecule has 1 rings (SSSR count). The number of hydrogen-bond donors (Lipinski definition) is 3. The first kappa shape index (κ1) is 23.9. The second kappa shape index (κ2) is 11.7. The second-order valence-electron chi connectivity index (χ2n) is 5.67. The number of rotatable bonds is 9. The molecule has 0 radical (unpaired) electrons. The van der Waals surface area contributed by atoms with Gasteiger partial charge in [0, 0.05) is 24.6 Å². The topological polar surface area (TPSA) is 87.3 Å². The third-order valence-corrected chi connectivity index (χ3v) is 6.30. The van der Waals surface area contributed by atoms with Gasteiger partial charge < -0.3 is 10.6 Å². The smallest absolute Gasteiger partial charge is 0.263 e. The van der Waals surface area contributed by atoms with Gasteiger partial charge in [0.15, 0.2) is 5.11 Å². The number of amides is 1. The van der Waals surface area contributed by atoms with Gasteiger partial charge in [-0.3, -0.25) is 9.52 Å². The maximum atomic E-state index is 12.5. The highest BCUT2D eigenvalue weighted by atomic mass is 32.2. The summed E-state index contributed by atoms with van der Waals surface area (Å²) in [4.78, 5) is 13.0. The van der Waals surface area contributed by atoms with Crippen LogP contribution in [0.3, 0.4) is 0 Å². The van der Waals surface area contributed by atoms with Gasteiger partial charge in [0.2, 0.25) is 5.91 Å². The molecule has 0 unspecified atom stereocenters. The average Bonchev–Trinajstić information content (AvgIpc) is 2.65. The Bertz CT molecular complexity index is 891.